The van der Waals surface area contributed by atoms with E-state index in [1.54, 1.807) is 18.1 Å². The summed E-state index contributed by atoms with van der Waals surface area (Å²) in [5.74, 6) is -0.0184. The fourth-order valence-electron chi connectivity index (χ4n) is 3.40. The van der Waals surface area contributed by atoms with Gasteiger partial charge in [-0.25, -0.2) is 4.79 Å². The molecule has 0 aliphatic carbocycles. The topological polar surface area (TPSA) is 74.3 Å². The number of hydrogen-bond acceptors (Lipinski definition) is 3. The smallest absolute Gasteiger partial charge is 0.315 e. The van der Waals surface area contributed by atoms with Crippen molar-refractivity contribution >= 4 is 11.9 Å². The molecule has 3 amide bonds. The Morgan fingerprint density at radius 1 is 0.938 bits per heavy atom. The third-order valence-electron chi connectivity index (χ3n) is 5.22. The summed E-state index contributed by atoms with van der Waals surface area (Å²) in [5.41, 5.74) is 4.17. The van der Waals surface area contributed by atoms with E-state index in [4.69, 9.17) is 0 Å². The number of carbonyl (C=O) groups is 2. The lowest BCUT2D eigenvalue weighted by Gasteiger charge is -2.20. The first-order valence-corrected chi connectivity index (χ1v) is 10.8. The average molecular weight is 431 g/mol. The molecule has 0 saturated heterocycles. The highest BCUT2D eigenvalue weighted by molar-refractivity contribution is 5.78. The van der Waals surface area contributed by atoms with Gasteiger partial charge in [0.15, 0.2) is 0 Å². The molecule has 6 heteroatoms. The Bertz CT molecular complexity index is 991. The number of aryl methyl sites for hydroxylation is 1. The monoisotopic (exact) mass is 430 g/mol. The van der Waals surface area contributed by atoms with Crippen molar-refractivity contribution in [2.75, 3.05) is 13.6 Å². The molecule has 0 radical (unpaired) electrons. The van der Waals surface area contributed by atoms with Gasteiger partial charge in [0.25, 0.3) is 0 Å². The molecule has 166 valence electrons. The van der Waals surface area contributed by atoms with Crippen LogP contribution in [0.2, 0.25) is 0 Å². The molecule has 1 unspecified atom stereocenters. The zero-order valence-electron chi connectivity index (χ0n) is 18.6. The zero-order chi connectivity index (χ0) is 22.8. The van der Waals surface area contributed by atoms with E-state index in [0.29, 0.717) is 13.0 Å². The number of hydrogen-bond donors (Lipinski definition) is 2. The van der Waals surface area contributed by atoms with Crippen molar-refractivity contribution in [1.82, 2.24) is 20.5 Å². The van der Waals surface area contributed by atoms with Gasteiger partial charge in [-0.1, -0.05) is 66.2 Å². The Labute approximate surface area is 189 Å². The van der Waals surface area contributed by atoms with E-state index in [0.717, 1.165) is 16.8 Å². The van der Waals surface area contributed by atoms with Gasteiger partial charge in [0, 0.05) is 32.8 Å². The van der Waals surface area contributed by atoms with E-state index in [2.05, 4.69) is 39.9 Å². The average Bonchev–Trinajstić information content (AvgIpc) is 2.81. The minimum atomic E-state index is -0.314. The van der Waals surface area contributed by atoms with Crippen LogP contribution in [0.1, 0.15) is 34.8 Å². The second-order valence-electron chi connectivity index (χ2n) is 7.88. The van der Waals surface area contributed by atoms with Crippen molar-refractivity contribution in [1.29, 1.82) is 0 Å². The number of benzene rings is 2. The molecule has 0 fully saturated rings. The Morgan fingerprint density at radius 2 is 1.66 bits per heavy atom. The fourth-order valence-corrected chi connectivity index (χ4v) is 3.40. The minimum absolute atomic E-state index is 0.0184. The summed E-state index contributed by atoms with van der Waals surface area (Å²) in [4.78, 5) is 31.0. The molecule has 1 atom stereocenters. The van der Waals surface area contributed by atoms with Crippen LogP contribution in [0.15, 0.2) is 79.0 Å². The molecule has 1 heterocycles. The van der Waals surface area contributed by atoms with E-state index in [9.17, 15) is 9.59 Å². The molecule has 2 aromatic carbocycles. The predicted molar refractivity (Wildman–Crippen MR) is 126 cm³/mol. The second kappa shape index (κ2) is 11.6. The highest BCUT2D eigenvalue weighted by atomic mass is 16.2. The van der Waals surface area contributed by atoms with E-state index in [-0.39, 0.29) is 30.9 Å². The maximum Gasteiger partial charge on any atom is 0.315 e. The summed E-state index contributed by atoms with van der Waals surface area (Å²) in [5, 5.41) is 5.80. The highest BCUT2D eigenvalue weighted by Crippen LogP contribution is 2.17. The van der Waals surface area contributed by atoms with E-state index < -0.39 is 0 Å². The summed E-state index contributed by atoms with van der Waals surface area (Å²) in [7, 11) is 1.77. The number of amides is 3. The largest absolute Gasteiger partial charge is 0.341 e. The van der Waals surface area contributed by atoms with Crippen LogP contribution in [0.4, 0.5) is 4.79 Å². The van der Waals surface area contributed by atoms with Gasteiger partial charge in [0.2, 0.25) is 5.91 Å². The van der Waals surface area contributed by atoms with Gasteiger partial charge < -0.3 is 15.5 Å². The van der Waals surface area contributed by atoms with E-state index in [1.807, 2.05) is 55.5 Å². The van der Waals surface area contributed by atoms with Gasteiger partial charge in [-0.15, -0.1) is 0 Å². The number of urea groups is 1. The number of aromatic nitrogens is 1. The van der Waals surface area contributed by atoms with Crippen LogP contribution in [0.5, 0.6) is 0 Å². The maximum atomic E-state index is 12.5. The standard InChI is InChI=1S/C26H30N4O2/c1-20-11-13-21(14-12-20)18-24(23-10-6-7-16-27-23)29-26(32)28-17-15-25(31)30(2)19-22-8-4-3-5-9-22/h3-14,16,24H,15,17-19H2,1-2H3,(H2,28,29,32). The van der Waals surface area contributed by atoms with Crippen molar-refractivity contribution < 1.29 is 9.59 Å². The molecule has 3 rings (SSSR count). The third kappa shape index (κ3) is 7.23. The van der Waals surface area contributed by atoms with Gasteiger partial charge in [-0.05, 0) is 36.6 Å². The van der Waals surface area contributed by atoms with Crippen LogP contribution >= 0.6 is 0 Å². The molecule has 0 spiro atoms. The summed E-state index contributed by atoms with van der Waals surface area (Å²) >= 11 is 0. The number of rotatable bonds is 9. The Balaban J connectivity index is 1.51. The quantitative estimate of drug-likeness (QED) is 0.538. The minimum Gasteiger partial charge on any atom is -0.341 e. The first-order chi connectivity index (χ1) is 15.5. The molecule has 3 aromatic rings. The Kier molecular flexibility index (Phi) is 8.37. The molecule has 32 heavy (non-hydrogen) atoms. The molecule has 0 aliphatic rings. The lowest BCUT2D eigenvalue weighted by Crippen LogP contribution is -2.40. The van der Waals surface area contributed by atoms with Crippen molar-refractivity contribution in [2.24, 2.45) is 0 Å². The van der Waals surface area contributed by atoms with Gasteiger partial charge in [0.1, 0.15) is 0 Å². The van der Waals surface area contributed by atoms with Crippen LogP contribution in [0.3, 0.4) is 0 Å². The third-order valence-corrected chi connectivity index (χ3v) is 5.22. The van der Waals surface area contributed by atoms with Crippen LogP contribution in [0, 0.1) is 6.92 Å². The van der Waals surface area contributed by atoms with Crippen LogP contribution in [-0.2, 0) is 17.8 Å². The molecule has 2 N–H and O–H groups in total. The predicted octanol–water partition coefficient (Wildman–Crippen LogP) is 4.02. The van der Waals surface area contributed by atoms with Crippen molar-refractivity contribution in [2.45, 2.75) is 32.4 Å². The zero-order valence-corrected chi connectivity index (χ0v) is 18.6. The van der Waals surface area contributed by atoms with Crippen LogP contribution < -0.4 is 10.6 Å². The number of nitrogens with zero attached hydrogens (tertiary/aromatic N) is 2. The Morgan fingerprint density at radius 3 is 2.34 bits per heavy atom. The summed E-state index contributed by atoms with van der Waals surface area (Å²) in [6.45, 7) is 2.86. The number of pyridine rings is 1. The van der Waals surface area contributed by atoms with Gasteiger partial charge in [0.05, 0.1) is 11.7 Å². The molecular weight excluding hydrogens is 400 g/mol. The molecule has 1 aromatic heterocycles. The molecule has 6 nitrogen and oxygen atoms in total. The first kappa shape index (κ1) is 23.0. The van der Waals surface area contributed by atoms with Gasteiger partial charge in [-0.2, -0.15) is 0 Å². The summed E-state index contributed by atoms with van der Waals surface area (Å²) in [6, 6.07) is 23.1. The first-order valence-electron chi connectivity index (χ1n) is 10.8. The SMILES string of the molecule is Cc1ccc(CC(NC(=O)NCCC(=O)N(C)Cc2ccccc2)c2ccccn2)cc1. The van der Waals surface area contributed by atoms with Gasteiger partial charge in [-0.3, -0.25) is 9.78 Å². The maximum absolute atomic E-state index is 12.5. The molecule has 0 aliphatic heterocycles. The van der Waals surface area contributed by atoms with Crippen molar-refractivity contribution in [3.63, 3.8) is 0 Å². The molecule has 0 saturated carbocycles. The molecule has 0 bridgehead atoms. The van der Waals surface area contributed by atoms with Crippen LogP contribution in [0.25, 0.3) is 0 Å². The summed E-state index contributed by atoms with van der Waals surface area (Å²) in [6.07, 6.45) is 2.59. The van der Waals surface area contributed by atoms with Crippen LogP contribution in [-0.4, -0.2) is 35.4 Å². The van der Waals surface area contributed by atoms with E-state index >= 15 is 0 Å². The van der Waals surface area contributed by atoms with E-state index in [1.165, 1.54) is 5.56 Å². The van der Waals surface area contributed by atoms with Crippen molar-refractivity contribution in [3.8, 4) is 0 Å². The van der Waals surface area contributed by atoms with Crippen molar-refractivity contribution in [3.05, 3.63) is 101 Å². The lowest BCUT2D eigenvalue weighted by molar-refractivity contribution is -0.130. The molecular formula is C26H30N4O2. The highest BCUT2D eigenvalue weighted by Gasteiger charge is 2.17. The number of nitrogens with one attached hydrogen (secondary N) is 2. The second-order valence-corrected chi connectivity index (χ2v) is 7.88. The Hall–Kier alpha value is -3.67. The normalized spacial score (nSPS) is 11.4. The van der Waals surface area contributed by atoms with Gasteiger partial charge >= 0.3 is 6.03 Å². The fraction of sp³-hybridized carbons (Fsp3) is 0.269. The lowest BCUT2D eigenvalue weighted by atomic mass is 10.0. The number of carbonyl (C=O) groups excluding carboxylic acids is 2. The summed E-state index contributed by atoms with van der Waals surface area (Å²) < 4.78 is 0.